The number of halogens is 2. The number of likely N-dealkylation sites (tertiary alicyclic amines) is 1. The molecule has 1 aliphatic rings. The molecule has 0 amide bonds. The molecule has 0 atom stereocenters. The summed E-state index contributed by atoms with van der Waals surface area (Å²) in [6.07, 6.45) is 6.36. The van der Waals surface area contributed by atoms with E-state index in [1.54, 1.807) is 6.20 Å². The van der Waals surface area contributed by atoms with Gasteiger partial charge >= 0.3 is 0 Å². The van der Waals surface area contributed by atoms with Gasteiger partial charge in [-0.1, -0.05) is 5.21 Å². The van der Waals surface area contributed by atoms with Crippen molar-refractivity contribution in [1.82, 2.24) is 19.9 Å². The fourth-order valence-electron chi connectivity index (χ4n) is 1.60. The average Bonchev–Trinajstić information content (AvgIpc) is 2.74. The zero-order chi connectivity index (χ0) is 8.23. The lowest BCUT2D eigenvalue weighted by molar-refractivity contribution is 0.314. The second-order valence-corrected chi connectivity index (χ2v) is 3.21. The molecule has 4 nitrogen and oxygen atoms in total. The molecule has 1 aromatic heterocycles. The van der Waals surface area contributed by atoms with Gasteiger partial charge in [0.25, 0.3) is 0 Å². The average molecular weight is 239 g/mol. The minimum Gasteiger partial charge on any atom is -0.301 e. The molecule has 1 aromatic rings. The number of aromatic nitrogens is 3. The van der Waals surface area contributed by atoms with Gasteiger partial charge in [0.2, 0.25) is 0 Å². The fourth-order valence-corrected chi connectivity index (χ4v) is 1.60. The summed E-state index contributed by atoms with van der Waals surface area (Å²) in [7, 11) is 0. The summed E-state index contributed by atoms with van der Waals surface area (Å²) in [6, 6.07) is 0. The van der Waals surface area contributed by atoms with Crippen LogP contribution in [0, 0.1) is 0 Å². The van der Waals surface area contributed by atoms with E-state index in [0.29, 0.717) is 0 Å². The van der Waals surface area contributed by atoms with Crippen molar-refractivity contribution < 1.29 is 0 Å². The Morgan fingerprint density at radius 3 is 2.36 bits per heavy atom. The second-order valence-electron chi connectivity index (χ2n) is 3.21. The summed E-state index contributed by atoms with van der Waals surface area (Å²) in [4.78, 5) is 2.47. The molecule has 0 radical (unpaired) electrons. The molecule has 0 saturated carbocycles. The standard InChI is InChI=1S/C8H14N4.2ClH/c1-2-5-11(4-1)7-8-12-6-3-9-10-12;;/h3,6H,1-2,4-5,7-8H2;2*1H. The van der Waals surface area contributed by atoms with Crippen molar-refractivity contribution in [2.45, 2.75) is 19.4 Å². The Bertz CT molecular complexity index is 221. The zero-order valence-electron chi connectivity index (χ0n) is 8.00. The van der Waals surface area contributed by atoms with Crippen LogP contribution >= 0.6 is 24.8 Å². The number of nitrogens with zero attached hydrogens (tertiary/aromatic N) is 4. The quantitative estimate of drug-likeness (QED) is 0.795. The molecule has 0 spiro atoms. The van der Waals surface area contributed by atoms with Crippen molar-refractivity contribution in [2.24, 2.45) is 0 Å². The highest BCUT2D eigenvalue weighted by atomic mass is 35.5. The van der Waals surface area contributed by atoms with Crippen molar-refractivity contribution >= 4 is 24.8 Å². The third-order valence-electron chi connectivity index (χ3n) is 2.32. The summed E-state index contributed by atoms with van der Waals surface area (Å²) in [5.41, 5.74) is 0. The Kier molecular flexibility index (Phi) is 6.87. The first-order valence-electron chi connectivity index (χ1n) is 4.51. The molecule has 1 aliphatic heterocycles. The Balaban J connectivity index is 0.000000845. The van der Waals surface area contributed by atoms with Crippen molar-refractivity contribution in [3.05, 3.63) is 12.4 Å². The van der Waals surface area contributed by atoms with Gasteiger partial charge in [-0.15, -0.1) is 29.9 Å². The highest BCUT2D eigenvalue weighted by Crippen LogP contribution is 2.06. The van der Waals surface area contributed by atoms with Crippen LogP contribution in [-0.2, 0) is 6.54 Å². The molecule has 6 heteroatoms. The van der Waals surface area contributed by atoms with Crippen LogP contribution in [-0.4, -0.2) is 39.5 Å². The lowest BCUT2D eigenvalue weighted by Crippen LogP contribution is -2.24. The van der Waals surface area contributed by atoms with Crippen LogP contribution < -0.4 is 0 Å². The SMILES string of the molecule is Cl.Cl.c1cn(CCN2CCCC2)nn1. The van der Waals surface area contributed by atoms with Crippen LogP contribution in [0.15, 0.2) is 12.4 Å². The molecule has 82 valence electrons. The van der Waals surface area contributed by atoms with E-state index in [2.05, 4.69) is 15.2 Å². The summed E-state index contributed by atoms with van der Waals surface area (Å²) in [5.74, 6) is 0. The van der Waals surface area contributed by atoms with E-state index >= 15 is 0 Å². The molecule has 0 aromatic carbocycles. The van der Waals surface area contributed by atoms with Crippen molar-refractivity contribution in [3.8, 4) is 0 Å². The lowest BCUT2D eigenvalue weighted by atomic mass is 10.4. The van der Waals surface area contributed by atoms with Gasteiger partial charge in [-0.3, -0.25) is 4.68 Å². The van der Waals surface area contributed by atoms with Gasteiger partial charge in [0.15, 0.2) is 0 Å². The molecular formula is C8H16Cl2N4. The van der Waals surface area contributed by atoms with Crippen LogP contribution in [0.5, 0.6) is 0 Å². The van der Waals surface area contributed by atoms with E-state index in [4.69, 9.17) is 0 Å². The summed E-state index contributed by atoms with van der Waals surface area (Å²) in [6.45, 7) is 4.60. The number of rotatable bonds is 3. The minimum atomic E-state index is 0. The maximum atomic E-state index is 3.92. The van der Waals surface area contributed by atoms with Crippen molar-refractivity contribution in [1.29, 1.82) is 0 Å². The van der Waals surface area contributed by atoms with Gasteiger partial charge in [-0.25, -0.2) is 0 Å². The van der Waals surface area contributed by atoms with E-state index in [-0.39, 0.29) is 24.8 Å². The molecule has 14 heavy (non-hydrogen) atoms. The fraction of sp³-hybridized carbons (Fsp3) is 0.750. The molecule has 2 rings (SSSR count). The van der Waals surface area contributed by atoms with Gasteiger partial charge in [-0.05, 0) is 25.9 Å². The van der Waals surface area contributed by atoms with E-state index in [1.165, 1.54) is 25.9 Å². The smallest absolute Gasteiger partial charge is 0.0692 e. The summed E-state index contributed by atoms with van der Waals surface area (Å²) in [5, 5.41) is 7.68. The molecule has 0 N–H and O–H groups in total. The normalized spacial score (nSPS) is 16.0. The first kappa shape index (κ1) is 13.7. The van der Waals surface area contributed by atoms with Crippen LogP contribution in [0.2, 0.25) is 0 Å². The second kappa shape index (κ2) is 7.04. The summed E-state index contributed by atoms with van der Waals surface area (Å²) < 4.78 is 1.89. The maximum absolute atomic E-state index is 3.92. The van der Waals surface area contributed by atoms with Crippen LogP contribution in [0.25, 0.3) is 0 Å². The number of hydrogen-bond donors (Lipinski definition) is 0. The van der Waals surface area contributed by atoms with Crippen LogP contribution in [0.1, 0.15) is 12.8 Å². The molecule has 0 bridgehead atoms. The first-order chi connectivity index (χ1) is 5.95. The van der Waals surface area contributed by atoms with Crippen molar-refractivity contribution in [3.63, 3.8) is 0 Å². The Morgan fingerprint density at radius 2 is 1.79 bits per heavy atom. The van der Waals surface area contributed by atoms with E-state index in [1.807, 2.05) is 10.9 Å². The molecule has 1 fully saturated rings. The Morgan fingerprint density at radius 1 is 1.07 bits per heavy atom. The van der Waals surface area contributed by atoms with Gasteiger partial charge in [-0.2, -0.15) is 0 Å². The topological polar surface area (TPSA) is 34.0 Å². The van der Waals surface area contributed by atoms with Gasteiger partial charge in [0, 0.05) is 12.7 Å². The summed E-state index contributed by atoms with van der Waals surface area (Å²) >= 11 is 0. The van der Waals surface area contributed by atoms with Gasteiger partial charge < -0.3 is 4.90 Å². The first-order valence-corrected chi connectivity index (χ1v) is 4.51. The molecule has 2 heterocycles. The highest BCUT2D eigenvalue weighted by molar-refractivity contribution is 5.85. The predicted molar refractivity (Wildman–Crippen MR) is 60.2 cm³/mol. The minimum absolute atomic E-state index is 0. The number of hydrogen-bond acceptors (Lipinski definition) is 3. The molecule has 0 aliphatic carbocycles. The monoisotopic (exact) mass is 238 g/mol. The van der Waals surface area contributed by atoms with E-state index < -0.39 is 0 Å². The van der Waals surface area contributed by atoms with Gasteiger partial charge in [0.1, 0.15) is 0 Å². The third kappa shape index (κ3) is 3.82. The van der Waals surface area contributed by atoms with Crippen molar-refractivity contribution in [2.75, 3.05) is 19.6 Å². The largest absolute Gasteiger partial charge is 0.301 e. The lowest BCUT2D eigenvalue weighted by Gasteiger charge is -2.13. The molecule has 0 unspecified atom stereocenters. The predicted octanol–water partition coefficient (Wildman–Crippen LogP) is 1.22. The zero-order valence-corrected chi connectivity index (χ0v) is 9.64. The van der Waals surface area contributed by atoms with E-state index in [0.717, 1.165) is 13.1 Å². The molecular weight excluding hydrogens is 223 g/mol. The maximum Gasteiger partial charge on any atom is 0.0692 e. The van der Waals surface area contributed by atoms with Crippen LogP contribution in [0.3, 0.4) is 0 Å². The Labute approximate surface area is 96.5 Å². The third-order valence-corrected chi connectivity index (χ3v) is 2.32. The highest BCUT2D eigenvalue weighted by Gasteiger charge is 2.10. The van der Waals surface area contributed by atoms with Gasteiger partial charge in [0.05, 0.1) is 12.7 Å². The molecule has 1 saturated heterocycles. The Hall–Kier alpha value is -0.320. The van der Waals surface area contributed by atoms with E-state index in [9.17, 15) is 0 Å². The van der Waals surface area contributed by atoms with Crippen LogP contribution in [0.4, 0.5) is 0 Å².